The molecule has 2 atom stereocenters. The Bertz CT molecular complexity index is 332. The quantitative estimate of drug-likeness (QED) is 0.566. The van der Waals surface area contributed by atoms with E-state index in [4.69, 9.17) is 5.84 Å². The van der Waals surface area contributed by atoms with Gasteiger partial charge in [-0.1, -0.05) is 27.2 Å². The maximum Gasteiger partial charge on any atom is 0.0654 e. The van der Waals surface area contributed by atoms with Gasteiger partial charge in [-0.05, 0) is 31.7 Å². The van der Waals surface area contributed by atoms with E-state index >= 15 is 0 Å². The zero-order chi connectivity index (χ0) is 12.8. The molecule has 0 bridgehead atoms. The average Bonchev–Trinajstić information content (AvgIpc) is 2.73. The molecule has 4 nitrogen and oxygen atoms in total. The van der Waals surface area contributed by atoms with Gasteiger partial charge in [-0.2, -0.15) is 5.10 Å². The van der Waals surface area contributed by atoms with Crippen molar-refractivity contribution in [2.24, 2.45) is 11.8 Å². The van der Waals surface area contributed by atoms with Gasteiger partial charge in [0.2, 0.25) is 0 Å². The van der Waals surface area contributed by atoms with E-state index in [0.717, 1.165) is 18.7 Å². The van der Waals surface area contributed by atoms with Gasteiger partial charge in [0, 0.05) is 6.54 Å². The molecule has 0 saturated carbocycles. The molecule has 1 rings (SSSR count). The Morgan fingerprint density at radius 3 is 2.59 bits per heavy atom. The summed E-state index contributed by atoms with van der Waals surface area (Å²) in [6.45, 7) is 9.60. The summed E-state index contributed by atoms with van der Waals surface area (Å²) in [4.78, 5) is 0. The summed E-state index contributed by atoms with van der Waals surface area (Å²) in [6, 6.07) is 2.38. The molecule has 1 aromatic heterocycles. The topological polar surface area (TPSA) is 55.9 Å². The van der Waals surface area contributed by atoms with E-state index in [0.29, 0.717) is 5.92 Å². The molecule has 0 fully saturated rings. The number of nitrogens with one attached hydrogen (secondary N) is 1. The number of rotatable bonds is 7. The number of hydrogen-bond acceptors (Lipinski definition) is 3. The van der Waals surface area contributed by atoms with E-state index in [1.165, 1.54) is 18.5 Å². The maximum atomic E-state index is 5.72. The third kappa shape index (κ3) is 3.30. The lowest BCUT2D eigenvalue weighted by molar-refractivity contribution is 0.347. The van der Waals surface area contributed by atoms with Gasteiger partial charge in [0.05, 0.1) is 17.4 Å². The van der Waals surface area contributed by atoms with Gasteiger partial charge in [0.15, 0.2) is 0 Å². The molecular formula is C13H26N4. The highest BCUT2D eigenvalue weighted by Gasteiger charge is 2.21. The Morgan fingerprint density at radius 2 is 2.12 bits per heavy atom. The largest absolute Gasteiger partial charge is 0.271 e. The fourth-order valence-electron chi connectivity index (χ4n) is 2.33. The van der Waals surface area contributed by atoms with Gasteiger partial charge < -0.3 is 0 Å². The summed E-state index contributed by atoms with van der Waals surface area (Å²) >= 11 is 0. The van der Waals surface area contributed by atoms with Crippen LogP contribution in [0.3, 0.4) is 0 Å². The molecule has 3 N–H and O–H groups in total. The first kappa shape index (κ1) is 14.2. The number of nitrogens with two attached hydrogens (primary N) is 1. The predicted octanol–water partition coefficient (Wildman–Crippen LogP) is 2.41. The fraction of sp³-hybridized carbons (Fsp3) is 0.769. The van der Waals surface area contributed by atoms with Gasteiger partial charge in [-0.25, -0.2) is 0 Å². The van der Waals surface area contributed by atoms with Crippen LogP contribution in [0.5, 0.6) is 0 Å². The monoisotopic (exact) mass is 238 g/mol. The highest BCUT2D eigenvalue weighted by molar-refractivity contribution is 5.15. The van der Waals surface area contributed by atoms with Crippen LogP contribution < -0.4 is 11.3 Å². The normalized spacial score (nSPS) is 14.9. The van der Waals surface area contributed by atoms with E-state index in [9.17, 15) is 0 Å². The van der Waals surface area contributed by atoms with Crippen molar-refractivity contribution in [3.63, 3.8) is 0 Å². The van der Waals surface area contributed by atoms with Crippen LogP contribution in [0.4, 0.5) is 0 Å². The second-order valence-electron chi connectivity index (χ2n) is 4.64. The molecule has 4 heteroatoms. The smallest absolute Gasteiger partial charge is 0.0654 e. The lowest BCUT2D eigenvalue weighted by Gasteiger charge is -2.23. The third-order valence-electron chi connectivity index (χ3n) is 3.33. The minimum Gasteiger partial charge on any atom is -0.271 e. The van der Waals surface area contributed by atoms with Crippen LogP contribution >= 0.6 is 0 Å². The molecule has 0 spiro atoms. The summed E-state index contributed by atoms with van der Waals surface area (Å²) in [7, 11) is 0. The second kappa shape index (κ2) is 6.77. The van der Waals surface area contributed by atoms with Crippen molar-refractivity contribution >= 4 is 0 Å². The van der Waals surface area contributed by atoms with Crippen molar-refractivity contribution in [2.45, 2.75) is 59.5 Å². The van der Waals surface area contributed by atoms with Gasteiger partial charge in [-0.3, -0.25) is 16.0 Å². The van der Waals surface area contributed by atoms with Crippen LogP contribution in [-0.4, -0.2) is 9.78 Å². The third-order valence-corrected chi connectivity index (χ3v) is 3.33. The van der Waals surface area contributed by atoms with Crippen LogP contribution in [0.25, 0.3) is 0 Å². The fourth-order valence-corrected chi connectivity index (χ4v) is 2.33. The van der Waals surface area contributed by atoms with Crippen molar-refractivity contribution in [3.05, 3.63) is 17.5 Å². The summed E-state index contributed by atoms with van der Waals surface area (Å²) in [5.74, 6) is 6.24. The highest BCUT2D eigenvalue weighted by atomic mass is 15.3. The molecular weight excluding hydrogens is 212 g/mol. The van der Waals surface area contributed by atoms with Crippen molar-refractivity contribution in [1.29, 1.82) is 0 Å². The number of nitrogens with zero attached hydrogens (tertiary/aromatic N) is 2. The molecule has 0 radical (unpaired) electrons. The van der Waals surface area contributed by atoms with E-state index in [1.54, 1.807) is 0 Å². The minimum atomic E-state index is 0.197. The van der Waals surface area contributed by atoms with Crippen LogP contribution in [0.1, 0.15) is 58.0 Å². The standard InChI is InChI=1S/C13H26N4/c1-5-8-10(4)13(15-14)12-9-11(6-2)16-17(12)7-3/h9-10,13,15H,5-8,14H2,1-4H3. The zero-order valence-electron chi connectivity index (χ0n) is 11.5. The second-order valence-corrected chi connectivity index (χ2v) is 4.64. The molecule has 0 aromatic carbocycles. The van der Waals surface area contributed by atoms with Gasteiger partial charge in [0.1, 0.15) is 0 Å². The first-order valence-corrected chi connectivity index (χ1v) is 6.70. The Kier molecular flexibility index (Phi) is 5.65. The lowest BCUT2D eigenvalue weighted by atomic mass is 9.94. The first-order valence-electron chi connectivity index (χ1n) is 6.70. The Hall–Kier alpha value is -0.870. The van der Waals surface area contributed by atoms with Crippen molar-refractivity contribution < 1.29 is 0 Å². The SMILES string of the molecule is CCCC(C)C(NN)c1cc(CC)nn1CC. The molecule has 17 heavy (non-hydrogen) atoms. The molecule has 0 aliphatic rings. The molecule has 1 heterocycles. The van der Waals surface area contributed by atoms with Crippen molar-refractivity contribution in [1.82, 2.24) is 15.2 Å². The van der Waals surface area contributed by atoms with Crippen LogP contribution in [0.2, 0.25) is 0 Å². The van der Waals surface area contributed by atoms with Crippen LogP contribution in [0.15, 0.2) is 6.07 Å². The van der Waals surface area contributed by atoms with Gasteiger partial charge in [0.25, 0.3) is 0 Å². The zero-order valence-corrected chi connectivity index (χ0v) is 11.5. The van der Waals surface area contributed by atoms with Crippen molar-refractivity contribution in [3.8, 4) is 0 Å². The molecule has 0 aliphatic heterocycles. The molecule has 0 aliphatic carbocycles. The molecule has 2 unspecified atom stereocenters. The van der Waals surface area contributed by atoms with Gasteiger partial charge >= 0.3 is 0 Å². The minimum absolute atomic E-state index is 0.197. The Labute approximate surface area is 105 Å². The highest BCUT2D eigenvalue weighted by Crippen LogP contribution is 2.25. The predicted molar refractivity (Wildman–Crippen MR) is 71.4 cm³/mol. The number of aryl methyl sites for hydroxylation is 2. The summed E-state index contributed by atoms with van der Waals surface area (Å²) in [5.41, 5.74) is 5.31. The molecule has 0 saturated heterocycles. The number of hydrogen-bond donors (Lipinski definition) is 2. The maximum absolute atomic E-state index is 5.72. The number of hydrazine groups is 1. The molecule has 98 valence electrons. The van der Waals surface area contributed by atoms with E-state index in [1.807, 2.05) is 0 Å². The summed E-state index contributed by atoms with van der Waals surface area (Å²) in [5, 5.41) is 4.58. The van der Waals surface area contributed by atoms with Crippen LogP contribution in [0, 0.1) is 5.92 Å². The summed E-state index contributed by atoms with van der Waals surface area (Å²) in [6.07, 6.45) is 3.32. The van der Waals surface area contributed by atoms with E-state index in [2.05, 4.69) is 49.0 Å². The average molecular weight is 238 g/mol. The first-order chi connectivity index (χ1) is 8.17. The summed E-state index contributed by atoms with van der Waals surface area (Å²) < 4.78 is 2.06. The lowest BCUT2D eigenvalue weighted by Crippen LogP contribution is -2.34. The Morgan fingerprint density at radius 1 is 1.41 bits per heavy atom. The van der Waals surface area contributed by atoms with E-state index in [-0.39, 0.29) is 6.04 Å². The van der Waals surface area contributed by atoms with Gasteiger partial charge in [-0.15, -0.1) is 0 Å². The molecule has 1 aromatic rings. The van der Waals surface area contributed by atoms with E-state index < -0.39 is 0 Å². The number of aromatic nitrogens is 2. The van der Waals surface area contributed by atoms with Crippen LogP contribution in [-0.2, 0) is 13.0 Å². The van der Waals surface area contributed by atoms with Crippen molar-refractivity contribution in [2.75, 3.05) is 0 Å². The molecule has 0 amide bonds. The Balaban J connectivity index is 2.97.